The molecule has 4 saturated carbocycles. The van der Waals surface area contributed by atoms with E-state index in [0.717, 1.165) is 25.7 Å². The zero-order chi connectivity index (χ0) is 17.7. The van der Waals surface area contributed by atoms with Crippen LogP contribution in [0.5, 0.6) is 0 Å². The van der Waals surface area contributed by atoms with Crippen molar-refractivity contribution in [3.63, 3.8) is 0 Å². The van der Waals surface area contributed by atoms with E-state index in [0.29, 0.717) is 23.9 Å². The summed E-state index contributed by atoms with van der Waals surface area (Å²) in [5, 5.41) is 5.39. The fourth-order valence-corrected chi connectivity index (χ4v) is 6.23. The summed E-state index contributed by atoms with van der Waals surface area (Å²) in [5.74, 6) is 0.240. The van der Waals surface area contributed by atoms with Gasteiger partial charge in [-0.05, 0) is 68.6 Å². The zero-order valence-electron chi connectivity index (χ0n) is 14.0. The number of nitrogens with one attached hydrogen (secondary N) is 2. The number of hydrogen-bond acceptors (Lipinski definition) is 2. The summed E-state index contributed by atoms with van der Waals surface area (Å²) >= 11 is 6.75. The van der Waals surface area contributed by atoms with Crippen molar-refractivity contribution in [3.05, 3.63) is 30.1 Å². The molecule has 1 aromatic rings. The van der Waals surface area contributed by atoms with E-state index in [-0.39, 0.29) is 23.2 Å². The zero-order valence-corrected chi connectivity index (χ0v) is 14.7. The van der Waals surface area contributed by atoms with Crippen LogP contribution in [-0.4, -0.2) is 23.2 Å². The molecule has 4 nitrogen and oxygen atoms in total. The summed E-state index contributed by atoms with van der Waals surface area (Å²) < 4.78 is 13.2. The van der Waals surface area contributed by atoms with Crippen LogP contribution in [0.3, 0.4) is 0 Å². The van der Waals surface area contributed by atoms with Crippen LogP contribution in [0.1, 0.15) is 38.5 Å². The molecule has 5 rings (SSSR count). The molecule has 25 heavy (non-hydrogen) atoms. The minimum atomic E-state index is -0.414. The molecule has 4 bridgehead atoms. The Kier molecular flexibility index (Phi) is 4.02. The molecule has 0 aromatic heterocycles. The average Bonchev–Trinajstić information content (AvgIpc) is 2.50. The summed E-state index contributed by atoms with van der Waals surface area (Å²) in [5.41, 5.74) is -0.0286. The summed E-state index contributed by atoms with van der Waals surface area (Å²) in [6.45, 7) is -0.109. The molecule has 2 unspecified atom stereocenters. The predicted octanol–water partition coefficient (Wildman–Crippen LogP) is 3.46. The first-order valence-corrected chi connectivity index (χ1v) is 9.26. The number of halogens is 2. The van der Waals surface area contributed by atoms with Gasteiger partial charge in [0, 0.05) is 10.6 Å². The maximum atomic E-state index is 13.2. The number of benzene rings is 1. The van der Waals surface area contributed by atoms with Crippen LogP contribution in [0.4, 0.5) is 10.1 Å². The molecule has 4 aliphatic carbocycles. The highest BCUT2D eigenvalue weighted by atomic mass is 35.5. The third-order valence-corrected chi connectivity index (χ3v) is 6.43. The molecule has 4 aliphatic rings. The lowest BCUT2D eigenvalue weighted by atomic mass is 9.49. The Balaban J connectivity index is 1.37. The van der Waals surface area contributed by atoms with Gasteiger partial charge in [0.15, 0.2) is 0 Å². The van der Waals surface area contributed by atoms with Crippen molar-refractivity contribution in [2.75, 3.05) is 11.9 Å². The normalized spacial score (nSPS) is 35.4. The Bertz CT molecular complexity index is 709. The van der Waals surface area contributed by atoms with Gasteiger partial charge < -0.3 is 10.6 Å². The van der Waals surface area contributed by atoms with Crippen LogP contribution in [0.2, 0.25) is 0 Å². The summed E-state index contributed by atoms with van der Waals surface area (Å²) in [4.78, 5) is 24.7. The molecular weight excluding hydrogens is 343 g/mol. The summed E-state index contributed by atoms with van der Waals surface area (Å²) in [7, 11) is 0. The van der Waals surface area contributed by atoms with Crippen molar-refractivity contribution in [1.82, 2.24) is 5.32 Å². The van der Waals surface area contributed by atoms with Gasteiger partial charge in [-0.15, -0.1) is 11.6 Å². The Labute approximate surface area is 151 Å². The Morgan fingerprint density at radius 3 is 2.56 bits per heavy atom. The van der Waals surface area contributed by atoms with E-state index in [1.165, 1.54) is 24.6 Å². The molecular formula is C19H22ClFN2O2. The van der Waals surface area contributed by atoms with Gasteiger partial charge in [-0.1, -0.05) is 6.07 Å². The van der Waals surface area contributed by atoms with Gasteiger partial charge in [0.25, 0.3) is 0 Å². The largest absolute Gasteiger partial charge is 0.347 e. The van der Waals surface area contributed by atoms with Crippen LogP contribution in [0.25, 0.3) is 0 Å². The fraction of sp³-hybridized carbons (Fsp3) is 0.579. The molecule has 0 heterocycles. The molecule has 6 heteroatoms. The van der Waals surface area contributed by atoms with Crippen molar-refractivity contribution >= 4 is 29.1 Å². The molecule has 0 spiro atoms. The second-order valence-corrected chi connectivity index (χ2v) is 8.94. The monoisotopic (exact) mass is 364 g/mol. The van der Waals surface area contributed by atoms with Crippen LogP contribution in [0.15, 0.2) is 24.3 Å². The first kappa shape index (κ1) is 16.8. The number of hydrogen-bond donors (Lipinski definition) is 2. The van der Waals surface area contributed by atoms with E-state index < -0.39 is 11.2 Å². The van der Waals surface area contributed by atoms with E-state index in [9.17, 15) is 14.0 Å². The van der Waals surface area contributed by atoms with E-state index >= 15 is 0 Å². The minimum absolute atomic E-state index is 0.0546. The van der Waals surface area contributed by atoms with E-state index in [4.69, 9.17) is 11.6 Å². The smallest absolute Gasteiger partial charge is 0.243 e. The van der Waals surface area contributed by atoms with E-state index in [1.54, 1.807) is 6.07 Å². The highest BCUT2D eigenvalue weighted by molar-refractivity contribution is 6.24. The second kappa shape index (κ2) is 5.97. The second-order valence-electron chi connectivity index (χ2n) is 8.13. The van der Waals surface area contributed by atoms with Crippen molar-refractivity contribution in [3.8, 4) is 0 Å². The molecule has 1 aromatic carbocycles. The van der Waals surface area contributed by atoms with Crippen LogP contribution >= 0.6 is 11.6 Å². The van der Waals surface area contributed by atoms with Gasteiger partial charge >= 0.3 is 0 Å². The van der Waals surface area contributed by atoms with Crippen molar-refractivity contribution in [2.24, 2.45) is 17.3 Å². The lowest BCUT2D eigenvalue weighted by Crippen LogP contribution is -2.58. The van der Waals surface area contributed by atoms with Gasteiger partial charge in [-0.3, -0.25) is 9.59 Å². The van der Waals surface area contributed by atoms with E-state index in [1.807, 2.05) is 0 Å². The maximum Gasteiger partial charge on any atom is 0.243 e. The number of carbonyl (C=O) groups is 2. The van der Waals surface area contributed by atoms with Crippen LogP contribution in [-0.2, 0) is 9.59 Å². The molecule has 4 fully saturated rings. The maximum absolute atomic E-state index is 13.2. The molecule has 134 valence electrons. The predicted molar refractivity (Wildman–Crippen MR) is 93.7 cm³/mol. The number of amides is 2. The standard InChI is InChI=1S/C19H22ClFN2O2/c20-19-8-12-4-13(9-19)7-18(6-12,11-19)17(25)22-10-16(24)23-15-3-1-2-14(21)5-15/h1-3,5,12-13H,4,6-11H2,(H,22,25)(H,23,24)/t12-,13+,18?,19?. The molecule has 0 aliphatic heterocycles. The van der Waals surface area contributed by atoms with Gasteiger partial charge in [0.1, 0.15) is 5.82 Å². The Morgan fingerprint density at radius 2 is 1.92 bits per heavy atom. The number of alkyl halides is 1. The van der Waals surface area contributed by atoms with Crippen molar-refractivity contribution < 1.29 is 14.0 Å². The lowest BCUT2D eigenvalue weighted by molar-refractivity contribution is -0.145. The summed E-state index contributed by atoms with van der Waals surface area (Å²) in [6.07, 6.45) is 5.69. The first-order chi connectivity index (χ1) is 11.9. The molecule has 0 saturated heterocycles. The van der Waals surface area contributed by atoms with Crippen molar-refractivity contribution in [2.45, 2.75) is 43.4 Å². The number of carbonyl (C=O) groups excluding carboxylic acids is 2. The SMILES string of the molecule is O=C(CNC(=O)C12C[C@@H]3C[C@@H](CC(Cl)(C3)C1)C2)Nc1cccc(F)c1. The fourth-order valence-electron chi connectivity index (χ4n) is 5.54. The molecule has 0 radical (unpaired) electrons. The molecule has 2 N–H and O–H groups in total. The average molecular weight is 365 g/mol. The van der Waals surface area contributed by atoms with Gasteiger partial charge in [0.05, 0.1) is 12.0 Å². The third kappa shape index (κ3) is 3.26. The van der Waals surface area contributed by atoms with Crippen LogP contribution in [0, 0.1) is 23.1 Å². The highest BCUT2D eigenvalue weighted by Gasteiger charge is 2.60. The topological polar surface area (TPSA) is 58.2 Å². The van der Waals surface area contributed by atoms with E-state index in [2.05, 4.69) is 10.6 Å². The van der Waals surface area contributed by atoms with Crippen molar-refractivity contribution in [1.29, 1.82) is 0 Å². The third-order valence-electron chi connectivity index (χ3n) is 5.99. The highest BCUT2D eigenvalue weighted by Crippen LogP contribution is 2.63. The van der Waals surface area contributed by atoms with Gasteiger partial charge in [-0.2, -0.15) is 0 Å². The lowest BCUT2D eigenvalue weighted by Gasteiger charge is -2.59. The molecule has 2 amide bonds. The van der Waals surface area contributed by atoms with Gasteiger partial charge in [-0.25, -0.2) is 4.39 Å². The quantitative estimate of drug-likeness (QED) is 0.804. The summed E-state index contributed by atoms with van der Waals surface area (Å²) in [6, 6.07) is 5.69. The first-order valence-electron chi connectivity index (χ1n) is 8.89. The molecule has 4 atom stereocenters. The Hall–Kier alpha value is -1.62. The number of rotatable bonds is 4. The Morgan fingerprint density at radius 1 is 1.20 bits per heavy atom. The van der Waals surface area contributed by atoms with Crippen LogP contribution < -0.4 is 10.6 Å². The number of anilines is 1. The minimum Gasteiger partial charge on any atom is -0.347 e. The van der Waals surface area contributed by atoms with Gasteiger partial charge in [0.2, 0.25) is 11.8 Å².